The minimum Gasteiger partial charge on any atom is -0.355 e. The van der Waals surface area contributed by atoms with Gasteiger partial charge in [0, 0.05) is 28.6 Å². The van der Waals surface area contributed by atoms with Crippen LogP contribution < -0.4 is 10.6 Å². The number of anilines is 2. The molecule has 20 heavy (non-hydrogen) atoms. The third-order valence-corrected chi connectivity index (χ3v) is 3.25. The van der Waals surface area contributed by atoms with Gasteiger partial charge in [0.1, 0.15) is 5.69 Å². The summed E-state index contributed by atoms with van der Waals surface area (Å²) in [5.74, 6) is -0.123. The van der Waals surface area contributed by atoms with Crippen LogP contribution >= 0.6 is 11.6 Å². The molecular formula is C15H14ClN3O. The number of rotatable bonds is 4. The molecule has 1 aromatic carbocycles. The van der Waals surface area contributed by atoms with Crippen LogP contribution in [-0.4, -0.2) is 16.9 Å². The van der Waals surface area contributed by atoms with E-state index < -0.39 is 0 Å². The Bertz CT molecular complexity index is 641. The van der Waals surface area contributed by atoms with E-state index in [0.29, 0.717) is 16.8 Å². The normalized spacial score (nSPS) is 13.8. The maximum atomic E-state index is 11.9. The summed E-state index contributed by atoms with van der Waals surface area (Å²) in [4.78, 5) is 16.0. The Morgan fingerprint density at radius 3 is 2.75 bits per heavy atom. The second-order valence-corrected chi connectivity index (χ2v) is 5.25. The number of halogens is 1. The Morgan fingerprint density at radius 2 is 2.00 bits per heavy atom. The van der Waals surface area contributed by atoms with E-state index in [-0.39, 0.29) is 5.91 Å². The molecule has 0 bridgehead atoms. The van der Waals surface area contributed by atoms with E-state index in [0.717, 1.165) is 24.2 Å². The zero-order valence-corrected chi connectivity index (χ0v) is 11.5. The van der Waals surface area contributed by atoms with Crippen molar-refractivity contribution in [3.63, 3.8) is 0 Å². The Morgan fingerprint density at radius 1 is 1.20 bits per heavy atom. The quantitative estimate of drug-likeness (QED) is 0.906. The van der Waals surface area contributed by atoms with Gasteiger partial charge in [-0.25, -0.2) is 0 Å². The monoisotopic (exact) mass is 287 g/mol. The number of nitrogens with one attached hydrogen (secondary N) is 2. The minimum atomic E-state index is -0.123. The average molecular weight is 288 g/mol. The van der Waals surface area contributed by atoms with Crippen LogP contribution in [0, 0.1) is 0 Å². The number of nitrogens with zero attached hydrogens (tertiary/aromatic N) is 1. The zero-order chi connectivity index (χ0) is 13.9. The van der Waals surface area contributed by atoms with Crippen molar-refractivity contribution >= 4 is 28.9 Å². The first kappa shape index (κ1) is 12.9. The topological polar surface area (TPSA) is 54.0 Å². The summed E-state index contributed by atoms with van der Waals surface area (Å²) in [6.07, 6.45) is 3.74. The highest BCUT2D eigenvalue weighted by atomic mass is 35.5. The van der Waals surface area contributed by atoms with E-state index >= 15 is 0 Å². The van der Waals surface area contributed by atoms with Gasteiger partial charge in [-0.2, -0.15) is 0 Å². The molecule has 1 aliphatic carbocycles. The van der Waals surface area contributed by atoms with Gasteiger partial charge in [0.15, 0.2) is 0 Å². The van der Waals surface area contributed by atoms with Gasteiger partial charge in [0.2, 0.25) is 0 Å². The van der Waals surface area contributed by atoms with Crippen LogP contribution in [0.25, 0.3) is 0 Å². The van der Waals surface area contributed by atoms with Crippen LogP contribution in [0.2, 0.25) is 5.02 Å². The molecule has 0 radical (unpaired) electrons. The molecule has 1 aromatic heterocycles. The zero-order valence-electron chi connectivity index (χ0n) is 10.8. The molecule has 1 aliphatic rings. The van der Waals surface area contributed by atoms with Crippen LogP contribution in [0.15, 0.2) is 42.6 Å². The van der Waals surface area contributed by atoms with Gasteiger partial charge in [0.05, 0.1) is 0 Å². The summed E-state index contributed by atoms with van der Waals surface area (Å²) in [5, 5.41) is 6.79. The van der Waals surface area contributed by atoms with Gasteiger partial charge in [-0.3, -0.25) is 9.78 Å². The van der Waals surface area contributed by atoms with Gasteiger partial charge >= 0.3 is 0 Å². The third kappa shape index (κ3) is 3.27. The summed E-state index contributed by atoms with van der Waals surface area (Å²) in [6.45, 7) is 0. The van der Waals surface area contributed by atoms with Crippen LogP contribution in [0.3, 0.4) is 0 Å². The highest BCUT2D eigenvalue weighted by Crippen LogP contribution is 2.21. The molecule has 2 aromatic rings. The summed E-state index contributed by atoms with van der Waals surface area (Å²) in [5.41, 5.74) is 2.10. The lowest BCUT2D eigenvalue weighted by atomic mass is 10.2. The summed E-state index contributed by atoms with van der Waals surface area (Å²) in [6, 6.07) is 11.3. The predicted molar refractivity (Wildman–Crippen MR) is 79.5 cm³/mol. The van der Waals surface area contributed by atoms with Crippen molar-refractivity contribution in [2.75, 3.05) is 5.32 Å². The first-order valence-electron chi connectivity index (χ1n) is 6.50. The summed E-state index contributed by atoms with van der Waals surface area (Å²) in [7, 11) is 0. The first-order chi connectivity index (χ1) is 9.70. The van der Waals surface area contributed by atoms with Gasteiger partial charge in [-0.1, -0.05) is 17.7 Å². The van der Waals surface area contributed by atoms with Gasteiger partial charge in [-0.05, 0) is 43.2 Å². The Hall–Kier alpha value is -2.07. The molecule has 1 amide bonds. The molecule has 4 nitrogen and oxygen atoms in total. The van der Waals surface area contributed by atoms with Crippen LogP contribution in [0.4, 0.5) is 11.4 Å². The third-order valence-electron chi connectivity index (χ3n) is 3.02. The van der Waals surface area contributed by atoms with Crippen molar-refractivity contribution < 1.29 is 4.79 Å². The number of benzene rings is 1. The lowest BCUT2D eigenvalue weighted by molar-refractivity contribution is 0.0946. The average Bonchev–Trinajstić information content (AvgIpc) is 3.23. The molecule has 1 heterocycles. The standard InChI is InChI=1S/C15H14ClN3O/c16-10-2-1-3-12(8-10)18-13-6-7-17-14(9-13)15(20)19-11-4-5-11/h1-3,6-9,11H,4-5H2,(H,17,18)(H,19,20). The van der Waals surface area contributed by atoms with Crippen molar-refractivity contribution in [3.8, 4) is 0 Å². The van der Waals surface area contributed by atoms with E-state index in [4.69, 9.17) is 11.6 Å². The number of carbonyl (C=O) groups excluding carboxylic acids is 1. The smallest absolute Gasteiger partial charge is 0.270 e. The number of pyridine rings is 1. The molecule has 2 N–H and O–H groups in total. The van der Waals surface area contributed by atoms with Crippen molar-refractivity contribution in [1.82, 2.24) is 10.3 Å². The predicted octanol–water partition coefficient (Wildman–Crippen LogP) is 3.37. The summed E-state index contributed by atoms with van der Waals surface area (Å²) < 4.78 is 0. The number of carbonyl (C=O) groups is 1. The molecule has 0 spiro atoms. The summed E-state index contributed by atoms with van der Waals surface area (Å²) >= 11 is 5.94. The van der Waals surface area contributed by atoms with Gasteiger partial charge < -0.3 is 10.6 Å². The number of hydrogen-bond acceptors (Lipinski definition) is 3. The maximum Gasteiger partial charge on any atom is 0.270 e. The maximum absolute atomic E-state index is 11.9. The SMILES string of the molecule is O=C(NC1CC1)c1cc(Nc2cccc(Cl)c2)ccn1. The number of amides is 1. The molecule has 3 rings (SSSR count). The fraction of sp³-hybridized carbons (Fsp3) is 0.200. The Labute approximate surface area is 122 Å². The molecule has 0 aliphatic heterocycles. The molecule has 5 heteroatoms. The lowest BCUT2D eigenvalue weighted by Crippen LogP contribution is -2.26. The van der Waals surface area contributed by atoms with Crippen molar-refractivity contribution in [2.24, 2.45) is 0 Å². The van der Waals surface area contributed by atoms with Gasteiger partial charge in [0.25, 0.3) is 5.91 Å². The molecule has 102 valence electrons. The largest absolute Gasteiger partial charge is 0.355 e. The highest BCUT2D eigenvalue weighted by Gasteiger charge is 2.24. The molecule has 1 saturated carbocycles. The first-order valence-corrected chi connectivity index (χ1v) is 6.88. The van der Waals surface area contributed by atoms with Gasteiger partial charge in [-0.15, -0.1) is 0 Å². The Balaban J connectivity index is 1.75. The van der Waals surface area contributed by atoms with E-state index in [1.165, 1.54) is 0 Å². The van der Waals surface area contributed by atoms with E-state index in [1.807, 2.05) is 30.3 Å². The van der Waals surface area contributed by atoms with Crippen molar-refractivity contribution in [2.45, 2.75) is 18.9 Å². The van der Waals surface area contributed by atoms with Crippen LogP contribution in [-0.2, 0) is 0 Å². The molecular weight excluding hydrogens is 274 g/mol. The second-order valence-electron chi connectivity index (χ2n) is 4.81. The van der Waals surface area contributed by atoms with Crippen LogP contribution in [0.1, 0.15) is 23.3 Å². The molecule has 1 fully saturated rings. The molecule has 0 unspecified atom stereocenters. The molecule has 0 atom stereocenters. The van der Waals surface area contributed by atoms with E-state index in [1.54, 1.807) is 12.3 Å². The van der Waals surface area contributed by atoms with E-state index in [9.17, 15) is 4.79 Å². The number of hydrogen-bond donors (Lipinski definition) is 2. The number of aromatic nitrogens is 1. The molecule has 0 saturated heterocycles. The van der Waals surface area contributed by atoms with Crippen LogP contribution in [0.5, 0.6) is 0 Å². The Kier molecular flexibility index (Phi) is 3.56. The fourth-order valence-electron chi connectivity index (χ4n) is 1.85. The van der Waals surface area contributed by atoms with Crippen molar-refractivity contribution in [3.05, 3.63) is 53.3 Å². The second kappa shape index (κ2) is 5.51. The van der Waals surface area contributed by atoms with Crippen molar-refractivity contribution in [1.29, 1.82) is 0 Å². The van der Waals surface area contributed by atoms with E-state index in [2.05, 4.69) is 15.6 Å². The lowest BCUT2D eigenvalue weighted by Gasteiger charge is -2.08. The fourth-order valence-corrected chi connectivity index (χ4v) is 2.04. The highest BCUT2D eigenvalue weighted by molar-refractivity contribution is 6.30. The minimum absolute atomic E-state index is 0.123.